The first kappa shape index (κ1) is 24.7. The first-order chi connectivity index (χ1) is 17.4. The Hall–Kier alpha value is -2.99. The molecule has 5 rings (SSSR count). The van der Waals surface area contributed by atoms with Crippen LogP contribution in [0.5, 0.6) is 11.5 Å². The summed E-state index contributed by atoms with van der Waals surface area (Å²) in [5.41, 5.74) is 4.47. The topological polar surface area (TPSA) is 59.6 Å². The number of nitrogens with one attached hydrogen (secondary N) is 2. The van der Waals surface area contributed by atoms with Crippen molar-refractivity contribution in [3.8, 4) is 11.5 Å². The Balaban J connectivity index is 1.36. The van der Waals surface area contributed by atoms with Crippen molar-refractivity contribution in [2.45, 2.75) is 66.2 Å². The molecule has 2 heterocycles. The van der Waals surface area contributed by atoms with E-state index in [1.165, 1.54) is 16.9 Å². The molecule has 2 aromatic carbocycles. The van der Waals surface area contributed by atoms with Gasteiger partial charge in [0, 0.05) is 4.88 Å². The van der Waals surface area contributed by atoms with Crippen LogP contribution in [0.1, 0.15) is 78.6 Å². The monoisotopic (exact) mass is 504 g/mol. The van der Waals surface area contributed by atoms with Crippen molar-refractivity contribution < 1.29 is 14.3 Å². The van der Waals surface area contributed by atoms with Gasteiger partial charge in [0.25, 0.3) is 5.91 Å². The van der Waals surface area contributed by atoms with Gasteiger partial charge in [-0.1, -0.05) is 63.6 Å². The number of amides is 1. The third-order valence-corrected chi connectivity index (χ3v) is 9.08. The predicted molar refractivity (Wildman–Crippen MR) is 146 cm³/mol. The lowest BCUT2D eigenvalue weighted by molar-refractivity contribution is 0.0934. The SMILES string of the molecule is CCOc1cc(C2NC(=O)c3c(sc4c3CCC(C(C)(C)CC)C4)N2)ccc1OCc1ccccc1. The number of rotatable bonds is 8. The Morgan fingerprint density at radius 2 is 1.83 bits per heavy atom. The molecule has 2 unspecified atom stereocenters. The summed E-state index contributed by atoms with van der Waals surface area (Å²) in [7, 11) is 0. The molecule has 2 aliphatic rings. The van der Waals surface area contributed by atoms with Gasteiger partial charge in [-0.2, -0.15) is 0 Å². The summed E-state index contributed by atoms with van der Waals surface area (Å²) in [6, 6.07) is 16.0. The third kappa shape index (κ3) is 4.83. The fourth-order valence-electron chi connectivity index (χ4n) is 5.25. The molecule has 3 aromatic rings. The van der Waals surface area contributed by atoms with Gasteiger partial charge in [-0.25, -0.2) is 0 Å². The van der Waals surface area contributed by atoms with Gasteiger partial charge in [0.2, 0.25) is 0 Å². The predicted octanol–water partition coefficient (Wildman–Crippen LogP) is 7.12. The van der Waals surface area contributed by atoms with Crippen LogP contribution in [-0.2, 0) is 19.4 Å². The minimum absolute atomic E-state index is 0.0156. The van der Waals surface area contributed by atoms with Crippen LogP contribution in [0.2, 0.25) is 0 Å². The smallest absolute Gasteiger partial charge is 0.256 e. The van der Waals surface area contributed by atoms with E-state index >= 15 is 0 Å². The van der Waals surface area contributed by atoms with E-state index in [2.05, 4.69) is 31.4 Å². The number of hydrogen-bond donors (Lipinski definition) is 2. The van der Waals surface area contributed by atoms with E-state index < -0.39 is 0 Å². The summed E-state index contributed by atoms with van der Waals surface area (Å²) in [5.74, 6) is 2.05. The molecule has 1 aromatic heterocycles. The van der Waals surface area contributed by atoms with Crippen molar-refractivity contribution in [2.75, 3.05) is 11.9 Å². The van der Waals surface area contributed by atoms with Gasteiger partial charge >= 0.3 is 0 Å². The largest absolute Gasteiger partial charge is 0.490 e. The zero-order chi connectivity index (χ0) is 25.3. The Labute approximate surface area is 218 Å². The minimum atomic E-state index is -0.310. The zero-order valence-electron chi connectivity index (χ0n) is 21.6. The first-order valence-corrected chi connectivity index (χ1v) is 13.9. The molecule has 36 heavy (non-hydrogen) atoms. The van der Waals surface area contributed by atoms with Gasteiger partial charge in [-0.15, -0.1) is 11.3 Å². The van der Waals surface area contributed by atoms with Crippen molar-refractivity contribution in [3.05, 3.63) is 75.7 Å². The second-order valence-electron chi connectivity index (χ2n) is 10.5. The van der Waals surface area contributed by atoms with Crippen LogP contribution in [-0.4, -0.2) is 12.5 Å². The molecule has 6 heteroatoms. The molecule has 190 valence electrons. The maximum absolute atomic E-state index is 13.3. The maximum atomic E-state index is 13.3. The highest BCUT2D eigenvalue weighted by molar-refractivity contribution is 7.16. The van der Waals surface area contributed by atoms with Crippen molar-refractivity contribution >= 4 is 22.2 Å². The van der Waals surface area contributed by atoms with Gasteiger partial charge in [0.15, 0.2) is 11.5 Å². The Morgan fingerprint density at radius 1 is 1.03 bits per heavy atom. The van der Waals surface area contributed by atoms with E-state index in [-0.39, 0.29) is 12.1 Å². The Morgan fingerprint density at radius 3 is 2.58 bits per heavy atom. The molecule has 1 aliphatic heterocycles. The molecule has 0 bridgehead atoms. The molecular weight excluding hydrogens is 468 g/mol. The molecule has 0 spiro atoms. The van der Waals surface area contributed by atoms with Gasteiger partial charge in [-0.3, -0.25) is 4.79 Å². The van der Waals surface area contributed by atoms with E-state index in [1.807, 2.05) is 55.5 Å². The van der Waals surface area contributed by atoms with Gasteiger partial charge < -0.3 is 20.1 Å². The molecule has 1 aliphatic carbocycles. The summed E-state index contributed by atoms with van der Waals surface area (Å²) in [6.45, 7) is 10.00. The van der Waals surface area contributed by atoms with E-state index in [9.17, 15) is 4.79 Å². The van der Waals surface area contributed by atoms with Gasteiger partial charge in [0.1, 0.15) is 17.8 Å². The van der Waals surface area contributed by atoms with Crippen LogP contribution < -0.4 is 20.1 Å². The Bertz CT molecular complexity index is 1230. The lowest BCUT2D eigenvalue weighted by atomic mass is 9.69. The number of carbonyl (C=O) groups is 1. The fraction of sp³-hybridized carbons (Fsp3) is 0.433. The molecule has 1 amide bonds. The highest BCUT2D eigenvalue weighted by atomic mass is 32.1. The van der Waals surface area contributed by atoms with E-state index in [0.29, 0.717) is 36.0 Å². The summed E-state index contributed by atoms with van der Waals surface area (Å²) in [4.78, 5) is 14.6. The van der Waals surface area contributed by atoms with Crippen LogP contribution in [0.4, 0.5) is 5.00 Å². The van der Waals surface area contributed by atoms with E-state index in [4.69, 9.17) is 9.47 Å². The number of benzene rings is 2. The summed E-state index contributed by atoms with van der Waals surface area (Å²) >= 11 is 1.77. The van der Waals surface area contributed by atoms with Crippen LogP contribution in [0, 0.1) is 11.3 Å². The third-order valence-electron chi connectivity index (χ3n) is 7.90. The molecule has 0 saturated heterocycles. The standard InChI is InChI=1S/C30H36N2O3S/c1-5-30(3,4)21-13-14-22-25(17-21)36-29-26(22)28(33)31-27(32-29)20-12-15-23(24(16-20)34-6-2)35-18-19-10-8-7-9-11-19/h7-12,15-16,21,27,32H,5-6,13-14,17-18H2,1-4H3,(H,31,33). The van der Waals surface area contributed by atoms with Crippen LogP contribution >= 0.6 is 11.3 Å². The molecule has 0 radical (unpaired) electrons. The van der Waals surface area contributed by atoms with Crippen molar-refractivity contribution in [1.29, 1.82) is 0 Å². The molecule has 0 fully saturated rings. The normalized spacial score (nSPS) is 19.1. The van der Waals surface area contributed by atoms with Crippen molar-refractivity contribution in [3.63, 3.8) is 0 Å². The highest BCUT2D eigenvalue weighted by Crippen LogP contribution is 2.47. The number of anilines is 1. The molecule has 0 saturated carbocycles. The van der Waals surface area contributed by atoms with Crippen LogP contribution in [0.25, 0.3) is 0 Å². The number of fused-ring (bicyclic) bond motifs is 3. The van der Waals surface area contributed by atoms with Gasteiger partial charge in [0.05, 0.1) is 12.2 Å². The van der Waals surface area contributed by atoms with Crippen LogP contribution in [0.3, 0.4) is 0 Å². The average Bonchev–Trinajstić information content (AvgIpc) is 3.27. The summed E-state index contributed by atoms with van der Waals surface area (Å²) < 4.78 is 12.0. The number of carbonyl (C=O) groups excluding carboxylic acids is 1. The first-order valence-electron chi connectivity index (χ1n) is 13.0. The summed E-state index contributed by atoms with van der Waals surface area (Å²) in [5, 5.41) is 7.78. The maximum Gasteiger partial charge on any atom is 0.256 e. The Kier molecular flexibility index (Phi) is 6.98. The highest BCUT2D eigenvalue weighted by Gasteiger charge is 2.37. The molecule has 2 N–H and O–H groups in total. The lowest BCUT2D eigenvalue weighted by Gasteiger charge is -2.36. The molecule has 5 nitrogen and oxygen atoms in total. The van der Waals surface area contributed by atoms with Crippen molar-refractivity contribution in [1.82, 2.24) is 5.32 Å². The van der Waals surface area contributed by atoms with E-state index in [0.717, 1.165) is 41.0 Å². The molecular formula is C30H36N2O3S. The molecule has 2 atom stereocenters. The van der Waals surface area contributed by atoms with E-state index in [1.54, 1.807) is 11.3 Å². The number of thiophene rings is 1. The number of ether oxygens (including phenoxy) is 2. The summed E-state index contributed by atoms with van der Waals surface area (Å²) in [6.07, 6.45) is 4.06. The second-order valence-corrected chi connectivity index (χ2v) is 11.6. The van der Waals surface area contributed by atoms with Crippen LogP contribution in [0.15, 0.2) is 48.5 Å². The number of hydrogen-bond acceptors (Lipinski definition) is 5. The van der Waals surface area contributed by atoms with Crippen molar-refractivity contribution in [2.24, 2.45) is 11.3 Å². The quantitative estimate of drug-likeness (QED) is 0.343. The average molecular weight is 505 g/mol. The van der Waals surface area contributed by atoms with Gasteiger partial charge in [-0.05, 0) is 66.3 Å². The fourth-order valence-corrected chi connectivity index (χ4v) is 6.60. The lowest BCUT2D eigenvalue weighted by Crippen LogP contribution is -2.38. The zero-order valence-corrected chi connectivity index (χ0v) is 22.5. The second kappa shape index (κ2) is 10.2. The minimum Gasteiger partial charge on any atom is -0.490 e.